The van der Waals surface area contributed by atoms with Gasteiger partial charge in [0.05, 0.1) is 5.70 Å². The smallest absolute Gasteiger partial charge is 0.209 e. The van der Waals surface area contributed by atoms with Gasteiger partial charge in [0.25, 0.3) is 0 Å². The highest BCUT2D eigenvalue weighted by molar-refractivity contribution is 6.30. The Morgan fingerprint density at radius 3 is 2.08 bits per heavy atom. The number of Topliss-reactive ketones (excluding diaryl/α,β-unsaturated/α-hetero) is 1. The molecule has 3 rings (SSSR count). The molecule has 0 amide bonds. The number of carbonyl (C=O) groups is 1. The van der Waals surface area contributed by atoms with Crippen molar-refractivity contribution >= 4 is 23.5 Å². The standard InChI is InChI=1S/C23H20ClNO/c1-25(17-19-8-4-2-5-9-19)22(16-18-12-14-21(24)15-13-18)23(26)20-10-6-3-7-11-20/h2-16H,17H2,1H3/b22-16-. The fourth-order valence-electron chi connectivity index (χ4n) is 2.75. The number of ketones is 1. The first-order valence-corrected chi connectivity index (χ1v) is 8.83. The predicted octanol–water partition coefficient (Wildman–Crippen LogP) is 5.70. The number of hydrogen-bond donors (Lipinski definition) is 0. The Kier molecular flexibility index (Phi) is 5.88. The lowest BCUT2D eigenvalue weighted by Gasteiger charge is -2.22. The van der Waals surface area contributed by atoms with Gasteiger partial charge < -0.3 is 4.90 Å². The van der Waals surface area contributed by atoms with Crippen molar-refractivity contribution in [1.29, 1.82) is 0 Å². The first-order chi connectivity index (χ1) is 12.6. The zero-order chi connectivity index (χ0) is 18.4. The number of nitrogens with zero attached hydrogens (tertiary/aromatic N) is 1. The summed E-state index contributed by atoms with van der Waals surface area (Å²) >= 11 is 5.98. The van der Waals surface area contributed by atoms with E-state index in [2.05, 4.69) is 12.1 Å². The summed E-state index contributed by atoms with van der Waals surface area (Å²) in [5.41, 5.74) is 3.40. The SMILES string of the molecule is CN(Cc1ccccc1)/C(=C\c1ccc(Cl)cc1)C(=O)c1ccccc1. The first-order valence-electron chi connectivity index (χ1n) is 8.45. The van der Waals surface area contributed by atoms with E-state index in [9.17, 15) is 4.79 Å². The van der Waals surface area contributed by atoms with Crippen LogP contribution in [-0.4, -0.2) is 17.7 Å². The number of halogens is 1. The van der Waals surface area contributed by atoms with Crippen molar-refractivity contribution in [3.63, 3.8) is 0 Å². The molecule has 3 heteroatoms. The monoisotopic (exact) mass is 361 g/mol. The number of rotatable bonds is 6. The van der Waals surface area contributed by atoms with Crippen LogP contribution in [0.1, 0.15) is 21.5 Å². The van der Waals surface area contributed by atoms with Crippen molar-refractivity contribution < 1.29 is 4.79 Å². The van der Waals surface area contributed by atoms with Gasteiger partial charge in [0.2, 0.25) is 5.78 Å². The molecule has 0 aliphatic carbocycles. The molecule has 0 saturated carbocycles. The molecule has 0 aliphatic heterocycles. The van der Waals surface area contributed by atoms with Gasteiger partial charge in [-0.05, 0) is 29.3 Å². The van der Waals surface area contributed by atoms with Gasteiger partial charge in [-0.25, -0.2) is 0 Å². The fraction of sp³-hybridized carbons (Fsp3) is 0.0870. The molecule has 3 aromatic carbocycles. The van der Waals surface area contributed by atoms with Gasteiger partial charge in [0.1, 0.15) is 0 Å². The highest BCUT2D eigenvalue weighted by Gasteiger charge is 2.16. The maximum atomic E-state index is 13.1. The van der Waals surface area contributed by atoms with Crippen LogP contribution in [0.4, 0.5) is 0 Å². The largest absolute Gasteiger partial charge is 0.367 e. The van der Waals surface area contributed by atoms with E-state index >= 15 is 0 Å². The predicted molar refractivity (Wildman–Crippen MR) is 108 cm³/mol. The number of allylic oxidation sites excluding steroid dienone is 1. The van der Waals surface area contributed by atoms with Crippen LogP contribution in [0.15, 0.2) is 90.6 Å². The maximum absolute atomic E-state index is 13.1. The number of likely N-dealkylation sites (N-methyl/N-ethyl adjacent to an activating group) is 1. The van der Waals surface area contributed by atoms with Crippen LogP contribution in [0.5, 0.6) is 0 Å². The van der Waals surface area contributed by atoms with Crippen LogP contribution in [0.2, 0.25) is 5.02 Å². The zero-order valence-corrected chi connectivity index (χ0v) is 15.4. The Labute approximate surface area is 159 Å². The molecule has 3 aromatic rings. The molecule has 0 saturated heterocycles. The van der Waals surface area contributed by atoms with E-state index in [4.69, 9.17) is 11.6 Å². The van der Waals surface area contributed by atoms with Gasteiger partial charge in [-0.2, -0.15) is 0 Å². The molecule has 0 radical (unpaired) electrons. The summed E-state index contributed by atoms with van der Waals surface area (Å²) in [6, 6.07) is 27.0. The molecule has 2 nitrogen and oxygen atoms in total. The Bertz CT molecular complexity index is 887. The van der Waals surface area contributed by atoms with Crippen molar-refractivity contribution in [2.45, 2.75) is 6.54 Å². The molecular formula is C23H20ClNO. The minimum atomic E-state index is -0.000943. The lowest BCUT2D eigenvalue weighted by Crippen LogP contribution is -2.23. The van der Waals surface area contributed by atoms with Crippen LogP contribution < -0.4 is 0 Å². The number of carbonyl (C=O) groups excluding carboxylic acids is 1. The van der Waals surface area contributed by atoms with Crippen molar-refractivity contribution in [2.24, 2.45) is 0 Å². The third-order valence-electron chi connectivity index (χ3n) is 4.12. The zero-order valence-electron chi connectivity index (χ0n) is 14.6. The van der Waals surface area contributed by atoms with Crippen molar-refractivity contribution in [1.82, 2.24) is 4.90 Å². The summed E-state index contributed by atoms with van der Waals surface area (Å²) in [6.45, 7) is 0.652. The second-order valence-corrected chi connectivity index (χ2v) is 6.55. The van der Waals surface area contributed by atoms with Gasteiger partial charge in [-0.15, -0.1) is 0 Å². The lowest BCUT2D eigenvalue weighted by atomic mass is 10.0. The van der Waals surface area contributed by atoms with Gasteiger partial charge in [0, 0.05) is 24.2 Å². The van der Waals surface area contributed by atoms with Crippen LogP contribution in [0.3, 0.4) is 0 Å². The second-order valence-electron chi connectivity index (χ2n) is 6.12. The Morgan fingerprint density at radius 2 is 1.46 bits per heavy atom. The van der Waals surface area contributed by atoms with Crippen molar-refractivity contribution in [3.05, 3.63) is 112 Å². The third-order valence-corrected chi connectivity index (χ3v) is 4.37. The van der Waals surface area contributed by atoms with Gasteiger partial charge >= 0.3 is 0 Å². The first kappa shape index (κ1) is 18.0. The van der Waals surface area contributed by atoms with Gasteiger partial charge in [-0.1, -0.05) is 84.4 Å². The molecule has 0 atom stereocenters. The van der Waals surface area contributed by atoms with Crippen LogP contribution >= 0.6 is 11.6 Å². The lowest BCUT2D eigenvalue weighted by molar-refractivity contribution is 0.0998. The minimum absolute atomic E-state index is 0.000943. The van der Waals surface area contributed by atoms with E-state index in [1.165, 1.54) is 0 Å². The normalized spacial score (nSPS) is 11.2. The molecule has 0 bridgehead atoms. The molecule has 26 heavy (non-hydrogen) atoms. The van der Waals surface area contributed by atoms with E-state index in [1.54, 1.807) is 0 Å². The number of benzene rings is 3. The molecule has 130 valence electrons. The molecule has 0 heterocycles. The summed E-state index contributed by atoms with van der Waals surface area (Å²) in [5.74, 6) is -0.000943. The van der Waals surface area contributed by atoms with Gasteiger partial charge in [0.15, 0.2) is 0 Å². The molecule has 0 unspecified atom stereocenters. The van der Waals surface area contributed by atoms with E-state index < -0.39 is 0 Å². The summed E-state index contributed by atoms with van der Waals surface area (Å²) in [7, 11) is 1.94. The molecule has 0 aromatic heterocycles. The van der Waals surface area contributed by atoms with Crippen LogP contribution in [0, 0.1) is 0 Å². The van der Waals surface area contributed by atoms with Crippen molar-refractivity contribution in [3.8, 4) is 0 Å². The average molecular weight is 362 g/mol. The minimum Gasteiger partial charge on any atom is -0.367 e. The quantitative estimate of drug-likeness (QED) is 0.415. The van der Waals surface area contributed by atoms with E-state index in [1.807, 2.05) is 90.8 Å². The topological polar surface area (TPSA) is 20.3 Å². The third kappa shape index (κ3) is 4.62. The Balaban J connectivity index is 1.95. The average Bonchev–Trinajstić information content (AvgIpc) is 2.68. The summed E-state index contributed by atoms with van der Waals surface area (Å²) in [4.78, 5) is 15.1. The summed E-state index contributed by atoms with van der Waals surface area (Å²) < 4.78 is 0. The summed E-state index contributed by atoms with van der Waals surface area (Å²) in [5, 5.41) is 0.677. The second kappa shape index (κ2) is 8.50. The van der Waals surface area contributed by atoms with E-state index in [0.29, 0.717) is 22.8 Å². The highest BCUT2D eigenvalue weighted by Crippen LogP contribution is 2.19. The number of hydrogen-bond acceptors (Lipinski definition) is 2. The Hall–Kier alpha value is -2.84. The molecular weight excluding hydrogens is 342 g/mol. The van der Waals surface area contributed by atoms with Crippen LogP contribution in [0.25, 0.3) is 6.08 Å². The maximum Gasteiger partial charge on any atom is 0.209 e. The fourth-order valence-corrected chi connectivity index (χ4v) is 2.87. The van der Waals surface area contributed by atoms with Gasteiger partial charge in [-0.3, -0.25) is 4.79 Å². The highest BCUT2D eigenvalue weighted by atomic mass is 35.5. The molecule has 0 N–H and O–H groups in total. The van der Waals surface area contributed by atoms with E-state index in [0.717, 1.165) is 11.1 Å². The summed E-state index contributed by atoms with van der Waals surface area (Å²) in [6.07, 6.45) is 1.91. The van der Waals surface area contributed by atoms with E-state index in [-0.39, 0.29) is 5.78 Å². The Morgan fingerprint density at radius 1 is 0.885 bits per heavy atom. The van der Waals surface area contributed by atoms with Crippen LogP contribution in [-0.2, 0) is 6.54 Å². The molecule has 0 fully saturated rings. The van der Waals surface area contributed by atoms with Crippen molar-refractivity contribution in [2.75, 3.05) is 7.05 Å². The molecule has 0 aliphatic rings. The molecule has 0 spiro atoms.